The van der Waals surface area contributed by atoms with Gasteiger partial charge in [-0.25, -0.2) is 9.97 Å². The SMILES string of the molecule is CCn1ccnc1CSc1ncccc1Br. The van der Waals surface area contributed by atoms with Gasteiger partial charge in [0.05, 0.1) is 5.75 Å². The van der Waals surface area contributed by atoms with Crippen molar-refractivity contribution in [2.24, 2.45) is 0 Å². The van der Waals surface area contributed by atoms with E-state index in [1.54, 1.807) is 18.0 Å². The minimum absolute atomic E-state index is 0.844. The van der Waals surface area contributed by atoms with Crippen molar-refractivity contribution < 1.29 is 0 Å². The second-order valence-corrected chi connectivity index (χ2v) is 5.03. The summed E-state index contributed by atoms with van der Waals surface area (Å²) in [6.07, 6.45) is 5.65. The minimum atomic E-state index is 0.844. The molecule has 5 heteroatoms. The average Bonchev–Trinajstić information content (AvgIpc) is 2.75. The molecule has 0 aliphatic carbocycles. The van der Waals surface area contributed by atoms with Crippen molar-refractivity contribution in [2.45, 2.75) is 24.2 Å². The number of hydrogen-bond donors (Lipinski definition) is 0. The van der Waals surface area contributed by atoms with Crippen LogP contribution in [0.4, 0.5) is 0 Å². The molecule has 0 fully saturated rings. The molecule has 0 unspecified atom stereocenters. The largest absolute Gasteiger partial charge is 0.335 e. The first-order chi connectivity index (χ1) is 7.81. The van der Waals surface area contributed by atoms with E-state index in [4.69, 9.17) is 0 Å². The molecule has 0 N–H and O–H groups in total. The zero-order chi connectivity index (χ0) is 11.4. The Labute approximate surface area is 107 Å². The molecule has 0 aliphatic heterocycles. The lowest BCUT2D eigenvalue weighted by Crippen LogP contribution is -1.99. The highest BCUT2D eigenvalue weighted by molar-refractivity contribution is 9.10. The van der Waals surface area contributed by atoms with Gasteiger partial charge in [0.25, 0.3) is 0 Å². The van der Waals surface area contributed by atoms with Crippen LogP contribution in [0.5, 0.6) is 0 Å². The normalized spacial score (nSPS) is 10.6. The smallest absolute Gasteiger partial charge is 0.119 e. The molecular formula is C11H12BrN3S. The highest BCUT2D eigenvalue weighted by Crippen LogP contribution is 2.26. The van der Waals surface area contributed by atoms with Gasteiger partial charge in [-0.3, -0.25) is 0 Å². The van der Waals surface area contributed by atoms with Crippen molar-refractivity contribution in [1.82, 2.24) is 14.5 Å². The molecule has 2 heterocycles. The fraction of sp³-hybridized carbons (Fsp3) is 0.273. The van der Waals surface area contributed by atoms with E-state index in [0.717, 1.165) is 27.6 Å². The molecule has 3 nitrogen and oxygen atoms in total. The van der Waals surface area contributed by atoms with Crippen LogP contribution in [0.2, 0.25) is 0 Å². The quantitative estimate of drug-likeness (QED) is 0.811. The number of rotatable bonds is 4. The van der Waals surface area contributed by atoms with E-state index in [-0.39, 0.29) is 0 Å². The van der Waals surface area contributed by atoms with Crippen molar-refractivity contribution in [3.8, 4) is 0 Å². The number of thioether (sulfide) groups is 1. The lowest BCUT2D eigenvalue weighted by atomic mass is 10.5. The molecule has 84 valence electrons. The van der Waals surface area contributed by atoms with E-state index in [1.165, 1.54) is 0 Å². The summed E-state index contributed by atoms with van der Waals surface area (Å²) in [5.41, 5.74) is 0. The highest BCUT2D eigenvalue weighted by atomic mass is 79.9. The molecule has 0 aliphatic rings. The van der Waals surface area contributed by atoms with Gasteiger partial charge in [-0.05, 0) is 35.0 Å². The van der Waals surface area contributed by atoms with E-state index in [9.17, 15) is 0 Å². The number of pyridine rings is 1. The second-order valence-electron chi connectivity index (χ2n) is 3.21. The van der Waals surface area contributed by atoms with Crippen LogP contribution in [0.1, 0.15) is 12.7 Å². The Hall–Kier alpha value is -0.810. The van der Waals surface area contributed by atoms with Gasteiger partial charge in [0.15, 0.2) is 0 Å². The predicted molar refractivity (Wildman–Crippen MR) is 69.4 cm³/mol. The number of nitrogens with zero attached hydrogens (tertiary/aromatic N) is 3. The van der Waals surface area contributed by atoms with Crippen LogP contribution < -0.4 is 0 Å². The Morgan fingerprint density at radius 1 is 1.38 bits per heavy atom. The van der Waals surface area contributed by atoms with Gasteiger partial charge in [0, 0.05) is 29.6 Å². The van der Waals surface area contributed by atoms with E-state index in [1.807, 2.05) is 24.5 Å². The van der Waals surface area contributed by atoms with Crippen LogP contribution in [-0.2, 0) is 12.3 Å². The van der Waals surface area contributed by atoms with E-state index >= 15 is 0 Å². The second kappa shape index (κ2) is 5.50. The fourth-order valence-electron chi connectivity index (χ4n) is 1.38. The Kier molecular flexibility index (Phi) is 4.01. The van der Waals surface area contributed by atoms with Crippen LogP contribution in [-0.4, -0.2) is 14.5 Å². The molecule has 2 aromatic rings. The molecule has 0 bridgehead atoms. The van der Waals surface area contributed by atoms with Gasteiger partial charge in [-0.15, -0.1) is 0 Å². The molecule has 0 radical (unpaired) electrons. The van der Waals surface area contributed by atoms with Crippen LogP contribution >= 0.6 is 27.7 Å². The van der Waals surface area contributed by atoms with Crippen LogP contribution in [0.25, 0.3) is 0 Å². The van der Waals surface area contributed by atoms with E-state index < -0.39 is 0 Å². The molecular weight excluding hydrogens is 286 g/mol. The Balaban J connectivity index is 2.05. The Bertz CT molecular complexity index is 470. The van der Waals surface area contributed by atoms with Gasteiger partial charge in [0.1, 0.15) is 10.9 Å². The van der Waals surface area contributed by atoms with Gasteiger partial charge in [-0.2, -0.15) is 0 Å². The summed E-state index contributed by atoms with van der Waals surface area (Å²) in [6, 6.07) is 3.92. The monoisotopic (exact) mass is 297 g/mol. The van der Waals surface area contributed by atoms with Gasteiger partial charge in [0.2, 0.25) is 0 Å². The first-order valence-corrected chi connectivity index (χ1v) is 6.82. The maximum Gasteiger partial charge on any atom is 0.119 e. The molecule has 0 spiro atoms. The van der Waals surface area contributed by atoms with Gasteiger partial charge >= 0.3 is 0 Å². The Morgan fingerprint density at radius 3 is 3.00 bits per heavy atom. The molecule has 0 saturated carbocycles. The standard InChI is InChI=1S/C11H12BrN3S/c1-2-15-7-6-13-10(15)8-16-11-9(12)4-3-5-14-11/h3-7H,2,8H2,1H3. The van der Waals surface area contributed by atoms with Crippen molar-refractivity contribution in [2.75, 3.05) is 0 Å². The van der Waals surface area contributed by atoms with E-state index in [2.05, 4.69) is 37.4 Å². The first kappa shape index (κ1) is 11.7. The molecule has 0 atom stereocenters. The summed E-state index contributed by atoms with van der Waals surface area (Å²) < 4.78 is 3.18. The number of imidazole rings is 1. The molecule has 0 amide bonds. The lowest BCUT2D eigenvalue weighted by Gasteiger charge is -2.05. The van der Waals surface area contributed by atoms with Crippen LogP contribution in [0, 0.1) is 0 Å². The molecule has 0 saturated heterocycles. The summed E-state index contributed by atoms with van der Waals surface area (Å²) in [5, 5.41) is 1.01. The first-order valence-electron chi connectivity index (χ1n) is 5.04. The van der Waals surface area contributed by atoms with Gasteiger partial charge in [-0.1, -0.05) is 11.8 Å². The van der Waals surface area contributed by atoms with Crippen LogP contribution in [0.3, 0.4) is 0 Å². The third-order valence-corrected chi connectivity index (χ3v) is 4.11. The topological polar surface area (TPSA) is 30.7 Å². The number of halogens is 1. The summed E-state index contributed by atoms with van der Waals surface area (Å²) in [4.78, 5) is 8.64. The number of hydrogen-bond acceptors (Lipinski definition) is 3. The van der Waals surface area contributed by atoms with Gasteiger partial charge < -0.3 is 4.57 Å². The Morgan fingerprint density at radius 2 is 2.25 bits per heavy atom. The zero-order valence-corrected chi connectivity index (χ0v) is 11.3. The lowest BCUT2D eigenvalue weighted by molar-refractivity contribution is 0.725. The molecule has 0 aromatic carbocycles. The van der Waals surface area contributed by atoms with Crippen molar-refractivity contribution in [1.29, 1.82) is 0 Å². The zero-order valence-electron chi connectivity index (χ0n) is 8.93. The summed E-state index contributed by atoms with van der Waals surface area (Å²) in [7, 11) is 0. The van der Waals surface area contributed by atoms with Crippen molar-refractivity contribution in [3.63, 3.8) is 0 Å². The molecule has 2 rings (SSSR count). The maximum atomic E-state index is 4.33. The average molecular weight is 298 g/mol. The minimum Gasteiger partial charge on any atom is -0.335 e. The molecule has 16 heavy (non-hydrogen) atoms. The predicted octanol–water partition coefficient (Wildman–Crippen LogP) is 3.35. The van der Waals surface area contributed by atoms with Crippen LogP contribution in [0.15, 0.2) is 40.2 Å². The van der Waals surface area contributed by atoms with Crippen molar-refractivity contribution in [3.05, 3.63) is 41.0 Å². The maximum absolute atomic E-state index is 4.33. The van der Waals surface area contributed by atoms with Crippen molar-refractivity contribution >= 4 is 27.7 Å². The fourth-order valence-corrected chi connectivity index (χ4v) is 2.82. The summed E-state index contributed by atoms with van der Waals surface area (Å²) >= 11 is 5.18. The van der Waals surface area contributed by atoms with E-state index in [0.29, 0.717) is 0 Å². The third-order valence-electron chi connectivity index (χ3n) is 2.21. The number of aromatic nitrogens is 3. The number of aryl methyl sites for hydroxylation is 1. The summed E-state index contributed by atoms with van der Waals surface area (Å²) in [6.45, 7) is 3.08. The molecule has 2 aromatic heterocycles. The summed E-state index contributed by atoms with van der Waals surface area (Å²) in [5.74, 6) is 1.93. The third kappa shape index (κ3) is 2.65. The highest BCUT2D eigenvalue weighted by Gasteiger charge is 2.05.